The molecule has 0 spiro atoms. The largest absolute Gasteiger partial charge is 0.503 e. The number of aryl methyl sites for hydroxylation is 3. The van der Waals surface area contributed by atoms with Gasteiger partial charge in [0.25, 0.3) is 5.91 Å². The minimum absolute atomic E-state index is 0.144. The number of rotatable bonds is 6. The second kappa shape index (κ2) is 8.56. The van der Waals surface area contributed by atoms with E-state index in [9.17, 15) is 14.7 Å². The molecule has 1 aliphatic heterocycles. The number of carbonyl (C=O) groups excluding carboxylic acids is 2. The summed E-state index contributed by atoms with van der Waals surface area (Å²) in [6.07, 6.45) is 4.00. The third-order valence-electron chi connectivity index (χ3n) is 5.78. The maximum atomic E-state index is 13.2. The number of aromatic nitrogens is 1. The number of hydrogen-bond donors (Lipinski definition) is 1. The molecule has 0 fully saturated rings. The van der Waals surface area contributed by atoms with Crippen molar-refractivity contribution in [3.05, 3.63) is 107 Å². The van der Waals surface area contributed by atoms with Crippen LogP contribution in [0.15, 0.2) is 84.4 Å². The highest BCUT2D eigenvalue weighted by Crippen LogP contribution is 2.41. The van der Waals surface area contributed by atoms with E-state index < -0.39 is 17.7 Å². The average Bonchev–Trinajstić information content (AvgIpc) is 3.06. The van der Waals surface area contributed by atoms with E-state index in [1.807, 2.05) is 62.4 Å². The maximum Gasteiger partial charge on any atom is 0.294 e. The van der Waals surface area contributed by atoms with Gasteiger partial charge in [0.15, 0.2) is 11.5 Å². The van der Waals surface area contributed by atoms with Crippen molar-refractivity contribution in [2.75, 3.05) is 4.90 Å². The van der Waals surface area contributed by atoms with Gasteiger partial charge in [-0.15, -0.1) is 0 Å². The molecule has 1 amide bonds. The lowest BCUT2D eigenvalue weighted by molar-refractivity contribution is -0.118. The second-order valence-electron chi connectivity index (χ2n) is 7.80. The molecule has 2 aromatic carbocycles. The first-order valence-electron chi connectivity index (χ1n) is 10.3. The lowest BCUT2D eigenvalue weighted by Crippen LogP contribution is -2.31. The molecule has 0 saturated heterocycles. The monoisotopic (exact) mass is 412 g/mol. The fourth-order valence-electron chi connectivity index (χ4n) is 3.93. The van der Waals surface area contributed by atoms with Crippen molar-refractivity contribution >= 4 is 17.4 Å². The Morgan fingerprint density at radius 3 is 2.39 bits per heavy atom. The van der Waals surface area contributed by atoms with Crippen molar-refractivity contribution in [3.8, 4) is 0 Å². The van der Waals surface area contributed by atoms with E-state index in [1.165, 1.54) is 4.90 Å². The Morgan fingerprint density at radius 1 is 1.00 bits per heavy atom. The van der Waals surface area contributed by atoms with E-state index in [1.54, 1.807) is 24.5 Å². The molecule has 0 saturated carbocycles. The van der Waals surface area contributed by atoms with Crippen LogP contribution >= 0.6 is 0 Å². The van der Waals surface area contributed by atoms with Gasteiger partial charge in [0, 0.05) is 24.5 Å². The number of carbonyl (C=O) groups is 2. The van der Waals surface area contributed by atoms with Crippen molar-refractivity contribution in [1.29, 1.82) is 0 Å². The summed E-state index contributed by atoms with van der Waals surface area (Å²) in [7, 11) is 0. The van der Waals surface area contributed by atoms with Gasteiger partial charge in [0.1, 0.15) is 0 Å². The van der Waals surface area contributed by atoms with Gasteiger partial charge in [0.2, 0.25) is 0 Å². The number of anilines is 1. The first-order valence-corrected chi connectivity index (χ1v) is 10.3. The average molecular weight is 412 g/mol. The Labute approximate surface area is 181 Å². The van der Waals surface area contributed by atoms with Crippen molar-refractivity contribution in [2.45, 2.75) is 32.7 Å². The van der Waals surface area contributed by atoms with Crippen LogP contribution in [0.4, 0.5) is 5.69 Å². The summed E-state index contributed by atoms with van der Waals surface area (Å²) >= 11 is 0. The molecule has 1 atom stereocenters. The van der Waals surface area contributed by atoms with Crippen molar-refractivity contribution in [1.82, 2.24) is 4.98 Å². The SMILES string of the molecule is Cc1ccc(N2C(=O)C(O)=C(C(=O)CCc3ccccc3)C2c2ccncc2)cc1C. The summed E-state index contributed by atoms with van der Waals surface area (Å²) in [4.78, 5) is 31.9. The quantitative estimate of drug-likeness (QED) is 0.631. The summed E-state index contributed by atoms with van der Waals surface area (Å²) in [6, 6.07) is 18.3. The Balaban J connectivity index is 1.72. The van der Waals surface area contributed by atoms with Gasteiger partial charge in [-0.05, 0) is 66.8 Å². The third kappa shape index (κ3) is 3.99. The van der Waals surface area contributed by atoms with E-state index in [2.05, 4.69) is 4.98 Å². The van der Waals surface area contributed by atoms with Crippen LogP contribution in [0, 0.1) is 13.8 Å². The molecule has 156 valence electrons. The molecule has 1 unspecified atom stereocenters. The highest BCUT2D eigenvalue weighted by molar-refractivity contribution is 6.16. The summed E-state index contributed by atoms with van der Waals surface area (Å²) in [6.45, 7) is 3.97. The minimum atomic E-state index is -0.694. The molecule has 5 nitrogen and oxygen atoms in total. The molecule has 0 aliphatic carbocycles. The number of aliphatic hydroxyl groups is 1. The van der Waals surface area contributed by atoms with Gasteiger partial charge in [-0.25, -0.2) is 0 Å². The molecule has 1 N–H and O–H groups in total. The molecule has 31 heavy (non-hydrogen) atoms. The predicted octanol–water partition coefficient (Wildman–Crippen LogP) is 4.80. The summed E-state index contributed by atoms with van der Waals surface area (Å²) in [5.74, 6) is -1.27. The van der Waals surface area contributed by atoms with E-state index >= 15 is 0 Å². The summed E-state index contributed by atoms with van der Waals surface area (Å²) < 4.78 is 0. The van der Waals surface area contributed by atoms with Crippen LogP contribution in [0.2, 0.25) is 0 Å². The van der Waals surface area contributed by atoms with Gasteiger partial charge in [-0.1, -0.05) is 36.4 Å². The smallest absolute Gasteiger partial charge is 0.294 e. The molecular formula is C26H24N2O3. The van der Waals surface area contributed by atoms with Crippen molar-refractivity contribution in [3.63, 3.8) is 0 Å². The number of amides is 1. The first-order chi connectivity index (χ1) is 15.0. The van der Waals surface area contributed by atoms with Crippen LogP contribution in [0.5, 0.6) is 0 Å². The zero-order valence-corrected chi connectivity index (χ0v) is 17.6. The lowest BCUT2D eigenvalue weighted by atomic mass is 9.93. The van der Waals surface area contributed by atoms with Crippen LogP contribution in [-0.4, -0.2) is 21.8 Å². The lowest BCUT2D eigenvalue weighted by Gasteiger charge is -2.27. The van der Waals surface area contributed by atoms with Crippen LogP contribution in [0.1, 0.15) is 34.7 Å². The molecule has 2 heterocycles. The zero-order chi connectivity index (χ0) is 22.0. The highest BCUT2D eigenvalue weighted by atomic mass is 16.3. The fraction of sp³-hybridized carbons (Fsp3) is 0.192. The molecule has 1 aliphatic rings. The molecule has 5 heteroatoms. The van der Waals surface area contributed by atoms with Crippen molar-refractivity contribution < 1.29 is 14.7 Å². The van der Waals surface area contributed by atoms with Gasteiger partial charge in [-0.3, -0.25) is 19.5 Å². The normalized spacial score (nSPS) is 16.1. The number of Topliss-reactive ketones (excluding diaryl/α,β-unsaturated/α-hetero) is 1. The van der Waals surface area contributed by atoms with Crippen molar-refractivity contribution in [2.24, 2.45) is 0 Å². The molecule has 3 aromatic rings. The zero-order valence-electron chi connectivity index (χ0n) is 17.6. The number of pyridine rings is 1. The Hall–Kier alpha value is -3.73. The Morgan fingerprint density at radius 2 is 1.71 bits per heavy atom. The van der Waals surface area contributed by atoms with E-state index in [0.717, 1.165) is 22.3 Å². The Bertz CT molecular complexity index is 1150. The number of nitrogens with zero attached hydrogens (tertiary/aromatic N) is 2. The van der Waals surface area contributed by atoms with Crippen LogP contribution in [0.25, 0.3) is 0 Å². The summed E-state index contributed by atoms with van der Waals surface area (Å²) in [5, 5.41) is 10.8. The van der Waals surface area contributed by atoms with E-state index in [0.29, 0.717) is 12.1 Å². The molecule has 0 radical (unpaired) electrons. The van der Waals surface area contributed by atoms with Gasteiger partial charge in [-0.2, -0.15) is 0 Å². The van der Waals surface area contributed by atoms with Gasteiger partial charge >= 0.3 is 0 Å². The molecule has 0 bridgehead atoms. The molecular weight excluding hydrogens is 388 g/mol. The minimum Gasteiger partial charge on any atom is -0.503 e. The topological polar surface area (TPSA) is 70.5 Å². The van der Waals surface area contributed by atoms with Gasteiger partial charge in [0.05, 0.1) is 11.6 Å². The second-order valence-corrected chi connectivity index (χ2v) is 7.80. The number of hydrogen-bond acceptors (Lipinski definition) is 4. The van der Waals surface area contributed by atoms with E-state index in [4.69, 9.17) is 0 Å². The first kappa shape index (κ1) is 20.5. The third-order valence-corrected chi connectivity index (χ3v) is 5.78. The fourth-order valence-corrected chi connectivity index (χ4v) is 3.93. The van der Waals surface area contributed by atoms with Crippen LogP contribution < -0.4 is 4.90 Å². The highest BCUT2D eigenvalue weighted by Gasteiger charge is 2.44. The maximum absolute atomic E-state index is 13.2. The molecule has 4 rings (SSSR count). The number of ketones is 1. The number of aliphatic hydroxyl groups excluding tert-OH is 1. The predicted molar refractivity (Wildman–Crippen MR) is 120 cm³/mol. The summed E-state index contributed by atoms with van der Waals surface area (Å²) in [5.41, 5.74) is 4.69. The van der Waals surface area contributed by atoms with Crippen LogP contribution in [-0.2, 0) is 16.0 Å². The van der Waals surface area contributed by atoms with Crippen LogP contribution in [0.3, 0.4) is 0 Å². The van der Waals surface area contributed by atoms with Gasteiger partial charge < -0.3 is 5.11 Å². The number of benzene rings is 2. The Kier molecular flexibility index (Phi) is 5.67. The molecule has 1 aromatic heterocycles. The van der Waals surface area contributed by atoms with E-state index in [-0.39, 0.29) is 17.8 Å². The standard InChI is InChI=1S/C26H24N2O3/c1-17-8-10-21(16-18(17)2)28-24(20-12-14-27-15-13-20)23(25(30)26(28)31)22(29)11-9-19-6-4-3-5-7-19/h3-8,10,12-16,24,30H,9,11H2,1-2H3.